The molecule has 7 nitrogen and oxygen atoms in total. The lowest BCUT2D eigenvalue weighted by molar-refractivity contribution is -0.115. The van der Waals surface area contributed by atoms with Crippen molar-refractivity contribution in [3.63, 3.8) is 0 Å². The Kier molecular flexibility index (Phi) is 6.18. The summed E-state index contributed by atoms with van der Waals surface area (Å²) in [7, 11) is 1.85. The summed E-state index contributed by atoms with van der Waals surface area (Å²) in [6.07, 6.45) is 1.83. The van der Waals surface area contributed by atoms with Crippen LogP contribution in [0.5, 0.6) is 11.5 Å². The molecule has 0 aliphatic rings. The summed E-state index contributed by atoms with van der Waals surface area (Å²) in [5.41, 5.74) is 3.11. The summed E-state index contributed by atoms with van der Waals surface area (Å²) in [6.45, 7) is 6.80. The Morgan fingerprint density at radius 1 is 1.18 bits per heavy atom. The predicted molar refractivity (Wildman–Crippen MR) is 112 cm³/mol. The minimum Gasteiger partial charge on any atom is -0.490 e. The second-order valence-corrected chi connectivity index (χ2v) is 7.14. The van der Waals surface area contributed by atoms with Gasteiger partial charge in [-0.1, -0.05) is 15.9 Å². The van der Waals surface area contributed by atoms with Crippen LogP contribution in [0.3, 0.4) is 0 Å². The number of rotatable bonds is 7. The van der Waals surface area contributed by atoms with E-state index < -0.39 is 0 Å². The van der Waals surface area contributed by atoms with Gasteiger partial charge in [0, 0.05) is 16.9 Å². The lowest BCUT2D eigenvalue weighted by Gasteiger charge is -2.14. The van der Waals surface area contributed by atoms with Crippen LogP contribution in [-0.2, 0) is 18.3 Å². The number of carbonyl (C=O) groups excluding carboxylic acids is 1. The van der Waals surface area contributed by atoms with Gasteiger partial charge >= 0.3 is 0 Å². The zero-order chi connectivity index (χ0) is 20.3. The molecule has 28 heavy (non-hydrogen) atoms. The van der Waals surface area contributed by atoms with Crippen LogP contribution in [0.25, 0.3) is 11.0 Å². The van der Waals surface area contributed by atoms with Crippen molar-refractivity contribution in [1.29, 1.82) is 0 Å². The van der Waals surface area contributed by atoms with Crippen LogP contribution in [0.1, 0.15) is 25.1 Å². The molecule has 3 rings (SSSR count). The number of aromatic nitrogens is 3. The Morgan fingerprint density at radius 3 is 2.54 bits per heavy atom. The summed E-state index contributed by atoms with van der Waals surface area (Å²) in [6, 6.07) is 5.57. The molecule has 1 amide bonds. The minimum absolute atomic E-state index is 0.144. The zero-order valence-electron chi connectivity index (χ0n) is 16.4. The molecule has 0 saturated heterocycles. The van der Waals surface area contributed by atoms with Crippen LogP contribution >= 0.6 is 15.9 Å². The highest BCUT2D eigenvalue weighted by Gasteiger charge is 2.15. The molecule has 1 aromatic carbocycles. The van der Waals surface area contributed by atoms with E-state index in [9.17, 15) is 4.79 Å². The van der Waals surface area contributed by atoms with Gasteiger partial charge in [-0.25, -0.2) is 4.98 Å². The SMILES string of the molecule is CCOc1cc(Br)c(CC(=O)Nc2cnc3c(c2)c(C)nn3C)cc1OCC. The fourth-order valence-corrected chi connectivity index (χ4v) is 3.47. The van der Waals surface area contributed by atoms with Gasteiger partial charge in [-0.15, -0.1) is 0 Å². The van der Waals surface area contributed by atoms with Crippen LogP contribution in [0.15, 0.2) is 28.9 Å². The van der Waals surface area contributed by atoms with Crippen molar-refractivity contribution in [2.45, 2.75) is 27.2 Å². The van der Waals surface area contributed by atoms with Gasteiger partial charge in [-0.3, -0.25) is 9.48 Å². The van der Waals surface area contributed by atoms with Crippen LogP contribution in [0.2, 0.25) is 0 Å². The highest BCUT2D eigenvalue weighted by molar-refractivity contribution is 9.10. The quantitative estimate of drug-likeness (QED) is 0.592. The normalized spacial score (nSPS) is 10.9. The van der Waals surface area contributed by atoms with Gasteiger partial charge < -0.3 is 14.8 Å². The minimum atomic E-state index is -0.144. The van der Waals surface area contributed by atoms with Gasteiger partial charge in [0.05, 0.1) is 37.2 Å². The van der Waals surface area contributed by atoms with Gasteiger partial charge in [-0.2, -0.15) is 5.10 Å². The van der Waals surface area contributed by atoms with Gasteiger partial charge in [0.2, 0.25) is 5.91 Å². The van der Waals surface area contributed by atoms with E-state index in [4.69, 9.17) is 9.47 Å². The third-order valence-electron chi connectivity index (χ3n) is 4.21. The molecule has 0 spiro atoms. The van der Waals surface area contributed by atoms with Crippen LogP contribution < -0.4 is 14.8 Å². The zero-order valence-corrected chi connectivity index (χ0v) is 18.0. The van der Waals surface area contributed by atoms with Gasteiger partial charge in [0.15, 0.2) is 17.1 Å². The lowest BCUT2D eigenvalue weighted by Crippen LogP contribution is -2.15. The maximum absolute atomic E-state index is 12.6. The second kappa shape index (κ2) is 8.60. The molecule has 148 valence electrons. The fourth-order valence-electron chi connectivity index (χ4n) is 3.00. The summed E-state index contributed by atoms with van der Waals surface area (Å²) in [5, 5.41) is 8.17. The van der Waals surface area contributed by atoms with E-state index >= 15 is 0 Å². The van der Waals surface area contributed by atoms with E-state index in [1.165, 1.54) is 0 Å². The molecule has 0 fully saturated rings. The number of nitrogens with zero attached hydrogens (tertiary/aromatic N) is 3. The van der Waals surface area contributed by atoms with Crippen molar-refractivity contribution in [3.8, 4) is 11.5 Å². The molecule has 0 radical (unpaired) electrons. The van der Waals surface area contributed by atoms with Crippen molar-refractivity contribution in [2.75, 3.05) is 18.5 Å². The first-order chi connectivity index (χ1) is 13.4. The first-order valence-electron chi connectivity index (χ1n) is 9.10. The predicted octanol–water partition coefficient (Wildman–Crippen LogP) is 4.02. The third kappa shape index (κ3) is 4.27. The number of fused-ring (bicyclic) bond motifs is 1. The number of halogens is 1. The monoisotopic (exact) mass is 446 g/mol. The third-order valence-corrected chi connectivity index (χ3v) is 4.95. The summed E-state index contributed by atoms with van der Waals surface area (Å²) in [5.74, 6) is 1.14. The summed E-state index contributed by atoms with van der Waals surface area (Å²) >= 11 is 3.52. The van der Waals surface area contributed by atoms with Crippen LogP contribution in [-0.4, -0.2) is 33.9 Å². The Balaban J connectivity index is 1.79. The number of benzene rings is 1. The average molecular weight is 447 g/mol. The second-order valence-electron chi connectivity index (χ2n) is 6.29. The largest absolute Gasteiger partial charge is 0.490 e. The molecule has 1 N–H and O–H groups in total. The smallest absolute Gasteiger partial charge is 0.228 e. The molecule has 0 unspecified atom stereocenters. The standard InChI is InChI=1S/C20H23BrN4O3/c1-5-27-17-7-13(16(21)10-18(17)28-6-2)8-19(26)23-14-9-15-12(3)24-25(4)20(15)22-11-14/h7,9-11H,5-6,8H2,1-4H3,(H,23,26). The van der Waals surface area contributed by atoms with E-state index in [2.05, 4.69) is 31.3 Å². The van der Waals surface area contributed by atoms with Crippen molar-refractivity contribution in [3.05, 3.63) is 40.1 Å². The van der Waals surface area contributed by atoms with E-state index in [0.717, 1.165) is 26.8 Å². The Morgan fingerprint density at radius 2 is 1.86 bits per heavy atom. The van der Waals surface area contributed by atoms with Gasteiger partial charge in [-0.05, 0) is 44.5 Å². The molecule has 2 aromatic heterocycles. The van der Waals surface area contributed by atoms with E-state index in [1.807, 2.05) is 46.0 Å². The molecule has 3 aromatic rings. The van der Waals surface area contributed by atoms with Gasteiger partial charge in [0.1, 0.15) is 0 Å². The first kappa shape index (κ1) is 20.1. The first-order valence-corrected chi connectivity index (χ1v) is 9.89. The molecule has 8 heteroatoms. The molecule has 0 aliphatic carbocycles. The van der Waals surface area contributed by atoms with Gasteiger partial charge in [0.25, 0.3) is 0 Å². The average Bonchev–Trinajstić information content (AvgIpc) is 2.93. The van der Waals surface area contributed by atoms with Crippen molar-refractivity contribution in [1.82, 2.24) is 14.8 Å². The highest BCUT2D eigenvalue weighted by atomic mass is 79.9. The van der Waals surface area contributed by atoms with Crippen LogP contribution in [0.4, 0.5) is 5.69 Å². The highest BCUT2D eigenvalue weighted by Crippen LogP contribution is 2.34. The number of anilines is 1. The van der Waals surface area contributed by atoms with E-state index in [1.54, 1.807) is 10.9 Å². The van der Waals surface area contributed by atoms with Crippen molar-refractivity contribution in [2.24, 2.45) is 7.05 Å². The fraction of sp³-hybridized carbons (Fsp3) is 0.350. The van der Waals surface area contributed by atoms with E-state index in [-0.39, 0.29) is 12.3 Å². The molecule has 0 aliphatic heterocycles. The molecule has 0 saturated carbocycles. The summed E-state index contributed by atoms with van der Waals surface area (Å²) in [4.78, 5) is 17.0. The van der Waals surface area contributed by atoms with Crippen molar-refractivity contribution >= 4 is 38.6 Å². The molecular weight excluding hydrogens is 424 g/mol. The van der Waals surface area contributed by atoms with E-state index in [0.29, 0.717) is 30.4 Å². The number of hydrogen-bond acceptors (Lipinski definition) is 5. The number of nitrogens with one attached hydrogen (secondary N) is 1. The summed E-state index contributed by atoms with van der Waals surface area (Å²) < 4.78 is 13.8. The number of aryl methyl sites for hydroxylation is 2. The van der Waals surface area contributed by atoms with Crippen LogP contribution in [0, 0.1) is 6.92 Å². The number of amides is 1. The molecular formula is C20H23BrN4O3. The topological polar surface area (TPSA) is 78.3 Å². The molecule has 0 bridgehead atoms. The molecule has 0 atom stereocenters. The maximum atomic E-state index is 12.6. The Hall–Kier alpha value is -2.61. The maximum Gasteiger partial charge on any atom is 0.228 e. The number of hydrogen-bond donors (Lipinski definition) is 1. The number of ether oxygens (including phenoxy) is 2. The Labute approximate surface area is 172 Å². The lowest BCUT2D eigenvalue weighted by atomic mass is 10.1. The Bertz CT molecular complexity index is 1020. The number of carbonyl (C=O) groups is 1. The van der Waals surface area contributed by atoms with Crippen molar-refractivity contribution < 1.29 is 14.3 Å². The number of pyridine rings is 1. The molecule has 2 heterocycles.